The lowest BCUT2D eigenvalue weighted by Gasteiger charge is -2.34. The summed E-state index contributed by atoms with van der Waals surface area (Å²) in [7, 11) is 1.65. The minimum absolute atomic E-state index is 0.289. The summed E-state index contributed by atoms with van der Waals surface area (Å²) in [6.07, 6.45) is 8.41. The molecule has 0 aliphatic carbocycles. The van der Waals surface area contributed by atoms with Crippen molar-refractivity contribution >= 4 is 11.9 Å². The van der Waals surface area contributed by atoms with Gasteiger partial charge in [0.1, 0.15) is 11.6 Å². The van der Waals surface area contributed by atoms with E-state index in [2.05, 4.69) is 15.0 Å². The zero-order chi connectivity index (χ0) is 24.8. The molecule has 3 aromatic rings. The van der Waals surface area contributed by atoms with Gasteiger partial charge < -0.3 is 23.8 Å². The van der Waals surface area contributed by atoms with Gasteiger partial charge in [0.25, 0.3) is 0 Å². The van der Waals surface area contributed by atoms with Crippen molar-refractivity contribution in [2.75, 3.05) is 26.9 Å². The number of amidine groups is 1. The molecule has 0 amide bonds. The molecule has 1 aromatic heterocycles. The first kappa shape index (κ1) is 24.5. The maximum Gasteiger partial charge on any atom is 0.234 e. The normalized spacial score (nSPS) is 17.6. The largest absolute Gasteiger partial charge is 0.495 e. The number of rotatable bonds is 10. The van der Waals surface area contributed by atoms with Gasteiger partial charge in [0, 0.05) is 38.4 Å². The maximum atomic E-state index is 13.5. The Balaban J connectivity index is 1.57. The molecule has 1 aliphatic rings. The Morgan fingerprint density at radius 1 is 1.14 bits per heavy atom. The Morgan fingerprint density at radius 2 is 1.94 bits per heavy atom. The van der Waals surface area contributed by atoms with E-state index in [0.717, 1.165) is 34.7 Å². The van der Waals surface area contributed by atoms with Gasteiger partial charge in [0.2, 0.25) is 5.72 Å². The van der Waals surface area contributed by atoms with E-state index in [1.807, 2.05) is 61.9 Å². The summed E-state index contributed by atoms with van der Waals surface area (Å²) >= 11 is 0. The number of aromatic nitrogens is 2. The van der Waals surface area contributed by atoms with Crippen LogP contribution < -0.4 is 4.74 Å². The van der Waals surface area contributed by atoms with E-state index in [1.165, 1.54) is 12.1 Å². The highest BCUT2D eigenvalue weighted by Gasteiger charge is 2.42. The number of aryl methyl sites for hydroxylation is 1. The number of ether oxygens (including phenoxy) is 2. The van der Waals surface area contributed by atoms with Gasteiger partial charge in [-0.1, -0.05) is 29.4 Å². The summed E-state index contributed by atoms with van der Waals surface area (Å²) in [5.41, 5.74) is 2.77. The minimum Gasteiger partial charge on any atom is -0.495 e. The molecule has 2 aromatic carbocycles. The lowest BCUT2D eigenvalue weighted by molar-refractivity contribution is -0.0917. The molecule has 7 nitrogen and oxygen atoms in total. The molecule has 0 spiro atoms. The molecule has 0 bridgehead atoms. The molecule has 1 unspecified atom stereocenters. The third kappa shape index (κ3) is 5.38. The smallest absolute Gasteiger partial charge is 0.234 e. The number of imidazole rings is 1. The molecule has 0 fully saturated rings. The average Bonchev–Trinajstić information content (AvgIpc) is 3.44. The Labute approximate surface area is 205 Å². The standard InChI is InChI=1S/C27H31FN4O3/c1-5-34-16-6-15-32-26(30-35-27(32,3)22-9-11-23(28)12-10-22)14-8-21-7-13-24(25(17-21)33-4)31-18-20(2)29-19-31/h7-14,17-19H,5-6,15-16H2,1-4H3/b14-8+. The maximum absolute atomic E-state index is 13.5. The van der Waals surface area contributed by atoms with Crippen LogP contribution in [0.1, 0.15) is 37.1 Å². The van der Waals surface area contributed by atoms with Crippen molar-refractivity contribution in [3.8, 4) is 11.4 Å². The summed E-state index contributed by atoms with van der Waals surface area (Å²) in [6, 6.07) is 12.3. The number of halogens is 1. The topological polar surface area (TPSA) is 61.1 Å². The fraction of sp³-hybridized carbons (Fsp3) is 0.333. The molecular formula is C27H31FN4O3. The number of nitrogens with zero attached hydrogens (tertiary/aromatic N) is 4. The second-order valence-corrected chi connectivity index (χ2v) is 8.42. The average molecular weight is 479 g/mol. The van der Waals surface area contributed by atoms with Crippen molar-refractivity contribution < 1.29 is 18.7 Å². The van der Waals surface area contributed by atoms with Gasteiger partial charge in [-0.2, -0.15) is 0 Å². The van der Waals surface area contributed by atoms with Crippen LogP contribution in [0.5, 0.6) is 5.75 Å². The van der Waals surface area contributed by atoms with Crippen LogP contribution in [0.3, 0.4) is 0 Å². The first-order valence-corrected chi connectivity index (χ1v) is 11.7. The Bertz CT molecular complexity index is 1210. The lowest BCUT2D eigenvalue weighted by Crippen LogP contribution is -2.44. The number of hydrogen-bond donors (Lipinski definition) is 0. The van der Waals surface area contributed by atoms with Gasteiger partial charge >= 0.3 is 0 Å². The highest BCUT2D eigenvalue weighted by atomic mass is 19.1. The molecule has 184 valence electrons. The van der Waals surface area contributed by atoms with Crippen molar-refractivity contribution in [3.63, 3.8) is 0 Å². The number of methoxy groups -OCH3 is 1. The van der Waals surface area contributed by atoms with E-state index >= 15 is 0 Å². The SMILES string of the molecule is CCOCCCN1C(/C=C/c2ccc(-n3cnc(C)c3)c(OC)c2)=NOC1(C)c1ccc(F)cc1. The summed E-state index contributed by atoms with van der Waals surface area (Å²) in [6.45, 7) is 7.84. The Hall–Kier alpha value is -3.65. The van der Waals surface area contributed by atoms with Crippen molar-refractivity contribution in [1.82, 2.24) is 14.5 Å². The van der Waals surface area contributed by atoms with Gasteiger partial charge in [-0.05, 0) is 56.2 Å². The summed E-state index contributed by atoms with van der Waals surface area (Å²) in [4.78, 5) is 12.3. The van der Waals surface area contributed by atoms with E-state index in [9.17, 15) is 4.39 Å². The number of benzene rings is 2. The van der Waals surface area contributed by atoms with Crippen molar-refractivity contribution in [1.29, 1.82) is 0 Å². The molecule has 0 radical (unpaired) electrons. The van der Waals surface area contributed by atoms with Gasteiger partial charge in [0.05, 0.1) is 24.8 Å². The third-order valence-corrected chi connectivity index (χ3v) is 5.98. The predicted molar refractivity (Wildman–Crippen MR) is 134 cm³/mol. The molecule has 0 N–H and O–H groups in total. The Morgan fingerprint density at radius 3 is 2.63 bits per heavy atom. The van der Waals surface area contributed by atoms with Crippen LogP contribution in [-0.4, -0.2) is 47.2 Å². The summed E-state index contributed by atoms with van der Waals surface area (Å²) in [5.74, 6) is 1.13. The van der Waals surface area contributed by atoms with E-state index in [1.54, 1.807) is 25.6 Å². The van der Waals surface area contributed by atoms with Crippen LogP contribution in [0, 0.1) is 12.7 Å². The molecule has 2 heterocycles. The van der Waals surface area contributed by atoms with Crippen LogP contribution in [-0.2, 0) is 15.3 Å². The van der Waals surface area contributed by atoms with Crippen LogP contribution >= 0.6 is 0 Å². The first-order valence-electron chi connectivity index (χ1n) is 11.7. The van der Waals surface area contributed by atoms with Gasteiger partial charge in [0.15, 0.2) is 5.84 Å². The first-order chi connectivity index (χ1) is 16.9. The van der Waals surface area contributed by atoms with Crippen LogP contribution in [0.15, 0.2) is 66.2 Å². The fourth-order valence-corrected chi connectivity index (χ4v) is 4.07. The van der Waals surface area contributed by atoms with Crippen LogP contribution in [0.2, 0.25) is 0 Å². The lowest BCUT2D eigenvalue weighted by atomic mass is 10.0. The molecule has 1 atom stereocenters. The molecule has 8 heteroatoms. The van der Waals surface area contributed by atoms with Crippen molar-refractivity contribution in [2.24, 2.45) is 5.16 Å². The fourth-order valence-electron chi connectivity index (χ4n) is 4.07. The molecule has 4 rings (SSSR count). The van der Waals surface area contributed by atoms with Crippen LogP contribution in [0.4, 0.5) is 4.39 Å². The monoisotopic (exact) mass is 478 g/mol. The molecule has 0 saturated heterocycles. The highest BCUT2D eigenvalue weighted by molar-refractivity contribution is 5.97. The summed E-state index contributed by atoms with van der Waals surface area (Å²) < 4.78 is 26.6. The van der Waals surface area contributed by atoms with E-state index < -0.39 is 5.72 Å². The predicted octanol–water partition coefficient (Wildman–Crippen LogP) is 5.29. The second-order valence-electron chi connectivity index (χ2n) is 8.42. The summed E-state index contributed by atoms with van der Waals surface area (Å²) in [5, 5.41) is 4.37. The minimum atomic E-state index is -0.847. The van der Waals surface area contributed by atoms with Gasteiger partial charge in [-0.25, -0.2) is 9.37 Å². The zero-order valence-corrected chi connectivity index (χ0v) is 20.6. The quantitative estimate of drug-likeness (QED) is 0.371. The van der Waals surface area contributed by atoms with E-state index in [0.29, 0.717) is 25.6 Å². The second kappa shape index (κ2) is 10.7. The van der Waals surface area contributed by atoms with E-state index in [-0.39, 0.29) is 5.82 Å². The third-order valence-electron chi connectivity index (χ3n) is 5.98. The molecule has 1 aliphatic heterocycles. The van der Waals surface area contributed by atoms with Gasteiger partial charge in [-0.3, -0.25) is 0 Å². The van der Waals surface area contributed by atoms with Crippen molar-refractivity contribution in [3.05, 3.63) is 83.7 Å². The molecule has 0 saturated carbocycles. The molecular weight excluding hydrogens is 447 g/mol. The number of oxime groups is 1. The zero-order valence-electron chi connectivity index (χ0n) is 20.6. The van der Waals surface area contributed by atoms with E-state index in [4.69, 9.17) is 14.3 Å². The van der Waals surface area contributed by atoms with Crippen molar-refractivity contribution in [2.45, 2.75) is 32.9 Å². The molecule has 35 heavy (non-hydrogen) atoms. The highest BCUT2D eigenvalue weighted by Crippen LogP contribution is 2.36. The number of hydrogen-bond acceptors (Lipinski definition) is 6. The van der Waals surface area contributed by atoms with Crippen LogP contribution in [0.25, 0.3) is 11.8 Å². The Kier molecular flexibility index (Phi) is 7.51. The van der Waals surface area contributed by atoms with Gasteiger partial charge in [-0.15, -0.1) is 0 Å².